The molecule has 0 bridgehead atoms. The summed E-state index contributed by atoms with van der Waals surface area (Å²) in [6.07, 6.45) is 1.69. The first-order chi connectivity index (χ1) is 12.1. The fourth-order valence-corrected chi connectivity index (χ4v) is 3.54. The van der Waals surface area contributed by atoms with Gasteiger partial charge in [0.25, 0.3) is 0 Å². The third kappa shape index (κ3) is 3.15. The molecule has 3 aromatic rings. The van der Waals surface area contributed by atoms with Crippen LogP contribution in [0, 0.1) is 0 Å². The number of hydrogen-bond acceptors (Lipinski definition) is 5. The average molecular weight is 335 g/mol. The van der Waals surface area contributed by atoms with Gasteiger partial charge in [0.1, 0.15) is 5.69 Å². The normalized spacial score (nSPS) is 20.8. The van der Waals surface area contributed by atoms with Crippen LogP contribution in [0.3, 0.4) is 0 Å². The molecule has 0 aliphatic carbocycles. The van der Waals surface area contributed by atoms with Crippen LogP contribution >= 0.6 is 0 Å². The highest BCUT2D eigenvalue weighted by atomic mass is 16.4. The summed E-state index contributed by atoms with van der Waals surface area (Å²) in [6, 6.07) is 14.3. The molecule has 0 unspecified atom stereocenters. The maximum absolute atomic E-state index is 12.5. The minimum absolute atomic E-state index is 0.323. The third-order valence-corrected chi connectivity index (χ3v) is 4.59. The van der Waals surface area contributed by atoms with E-state index in [9.17, 15) is 4.79 Å². The molecule has 25 heavy (non-hydrogen) atoms. The number of aromatic nitrogens is 1. The van der Waals surface area contributed by atoms with Crippen molar-refractivity contribution >= 4 is 16.5 Å². The molecule has 3 heterocycles. The molecule has 2 atom stereocenters. The standard InChI is InChI=1S/C20H21N3O2/c1-13-11-23(12-14(2)22-13)16-7-6-15-9-19(18-5-3-4-8-21-18)25-20(24)17(15)10-16/h3-10,13-14,22H,11-12H2,1-2H3/t13-,14+. The van der Waals surface area contributed by atoms with Crippen LogP contribution in [0.2, 0.25) is 0 Å². The van der Waals surface area contributed by atoms with Gasteiger partial charge in [0, 0.05) is 37.1 Å². The molecular weight excluding hydrogens is 314 g/mol. The Bertz CT molecular complexity index is 942. The number of anilines is 1. The lowest BCUT2D eigenvalue weighted by Crippen LogP contribution is -2.54. The average Bonchev–Trinajstić information content (AvgIpc) is 2.61. The fraction of sp³-hybridized carbons (Fsp3) is 0.300. The van der Waals surface area contributed by atoms with Crippen molar-refractivity contribution < 1.29 is 4.42 Å². The second-order valence-corrected chi connectivity index (χ2v) is 6.76. The Hall–Kier alpha value is -2.66. The summed E-state index contributed by atoms with van der Waals surface area (Å²) in [5, 5.41) is 5.00. The first-order valence-electron chi connectivity index (χ1n) is 8.60. The van der Waals surface area contributed by atoms with Crippen LogP contribution in [0.25, 0.3) is 22.2 Å². The molecule has 128 valence electrons. The first-order valence-corrected chi connectivity index (χ1v) is 8.60. The zero-order valence-electron chi connectivity index (χ0n) is 14.4. The lowest BCUT2D eigenvalue weighted by atomic mass is 10.1. The summed E-state index contributed by atoms with van der Waals surface area (Å²) in [5.41, 5.74) is 1.40. The van der Waals surface area contributed by atoms with Crippen LogP contribution in [0.5, 0.6) is 0 Å². The number of fused-ring (bicyclic) bond motifs is 1. The van der Waals surface area contributed by atoms with Gasteiger partial charge in [-0.25, -0.2) is 4.79 Å². The topological polar surface area (TPSA) is 58.4 Å². The van der Waals surface area contributed by atoms with E-state index in [1.165, 1.54) is 0 Å². The van der Waals surface area contributed by atoms with Crippen molar-refractivity contribution in [2.45, 2.75) is 25.9 Å². The van der Waals surface area contributed by atoms with Crippen molar-refractivity contribution in [3.63, 3.8) is 0 Å². The van der Waals surface area contributed by atoms with E-state index >= 15 is 0 Å². The van der Waals surface area contributed by atoms with Crippen molar-refractivity contribution in [2.75, 3.05) is 18.0 Å². The number of nitrogens with zero attached hydrogens (tertiary/aromatic N) is 2. The number of rotatable bonds is 2. The Morgan fingerprint density at radius 3 is 2.64 bits per heavy atom. The molecule has 1 aliphatic heterocycles. The third-order valence-electron chi connectivity index (χ3n) is 4.59. The minimum Gasteiger partial charge on any atom is -0.421 e. The molecule has 1 fully saturated rings. The molecule has 4 rings (SSSR count). The van der Waals surface area contributed by atoms with Gasteiger partial charge in [-0.2, -0.15) is 0 Å². The van der Waals surface area contributed by atoms with Gasteiger partial charge in [-0.1, -0.05) is 12.1 Å². The van der Waals surface area contributed by atoms with E-state index in [-0.39, 0.29) is 5.63 Å². The van der Waals surface area contributed by atoms with Gasteiger partial charge in [-0.05, 0) is 49.6 Å². The second kappa shape index (κ2) is 6.33. The number of benzene rings is 1. The summed E-state index contributed by atoms with van der Waals surface area (Å²) in [7, 11) is 0. The van der Waals surface area contributed by atoms with E-state index in [2.05, 4.69) is 35.1 Å². The van der Waals surface area contributed by atoms with Crippen LogP contribution < -0.4 is 15.8 Å². The Morgan fingerprint density at radius 2 is 1.92 bits per heavy atom. The monoisotopic (exact) mass is 335 g/mol. The summed E-state index contributed by atoms with van der Waals surface area (Å²) >= 11 is 0. The van der Waals surface area contributed by atoms with Crippen LogP contribution in [-0.4, -0.2) is 30.2 Å². The molecule has 1 saturated heterocycles. The maximum atomic E-state index is 12.5. The molecule has 1 N–H and O–H groups in total. The predicted octanol–water partition coefficient (Wildman–Crippen LogP) is 3.04. The fourth-order valence-electron chi connectivity index (χ4n) is 3.54. The number of piperazine rings is 1. The Morgan fingerprint density at radius 1 is 1.12 bits per heavy atom. The Labute approximate surface area is 146 Å². The largest absolute Gasteiger partial charge is 0.421 e. The van der Waals surface area contributed by atoms with E-state index in [4.69, 9.17) is 4.42 Å². The minimum atomic E-state index is -0.323. The Kier molecular flexibility index (Phi) is 4.01. The highest BCUT2D eigenvalue weighted by Crippen LogP contribution is 2.25. The second-order valence-electron chi connectivity index (χ2n) is 6.76. The van der Waals surface area contributed by atoms with Crippen molar-refractivity contribution in [3.05, 3.63) is 59.1 Å². The highest BCUT2D eigenvalue weighted by molar-refractivity contribution is 5.87. The lowest BCUT2D eigenvalue weighted by molar-refractivity contribution is 0.407. The van der Waals surface area contributed by atoms with Gasteiger partial charge >= 0.3 is 5.63 Å². The quantitative estimate of drug-likeness (QED) is 0.780. The van der Waals surface area contributed by atoms with Gasteiger partial charge in [0.15, 0.2) is 5.76 Å². The van der Waals surface area contributed by atoms with Crippen LogP contribution in [0.4, 0.5) is 5.69 Å². The SMILES string of the molecule is C[C@@H]1CN(c2ccc3cc(-c4ccccn4)oc(=O)c3c2)C[C@H](C)N1. The molecule has 0 saturated carbocycles. The molecule has 1 aromatic carbocycles. The summed E-state index contributed by atoms with van der Waals surface area (Å²) < 4.78 is 5.51. The van der Waals surface area contributed by atoms with E-state index in [1.807, 2.05) is 36.4 Å². The van der Waals surface area contributed by atoms with E-state index in [0.717, 1.165) is 24.2 Å². The van der Waals surface area contributed by atoms with E-state index in [1.54, 1.807) is 6.20 Å². The van der Waals surface area contributed by atoms with Gasteiger partial charge in [-0.3, -0.25) is 4.98 Å². The molecule has 1 aliphatic rings. The van der Waals surface area contributed by atoms with Crippen molar-refractivity contribution in [2.24, 2.45) is 0 Å². The van der Waals surface area contributed by atoms with Crippen LogP contribution in [0.1, 0.15) is 13.8 Å². The number of nitrogens with one attached hydrogen (secondary N) is 1. The van der Waals surface area contributed by atoms with Crippen molar-refractivity contribution in [1.82, 2.24) is 10.3 Å². The first kappa shape index (κ1) is 15.8. The smallest absolute Gasteiger partial charge is 0.344 e. The Balaban J connectivity index is 1.74. The molecule has 0 spiro atoms. The summed E-state index contributed by atoms with van der Waals surface area (Å²) in [4.78, 5) is 19.1. The lowest BCUT2D eigenvalue weighted by Gasteiger charge is -2.37. The number of hydrogen-bond donors (Lipinski definition) is 1. The predicted molar refractivity (Wildman–Crippen MR) is 100.0 cm³/mol. The van der Waals surface area contributed by atoms with Crippen molar-refractivity contribution in [3.8, 4) is 11.5 Å². The summed E-state index contributed by atoms with van der Waals surface area (Å²) in [6.45, 7) is 6.20. The van der Waals surface area contributed by atoms with Gasteiger partial charge in [0.2, 0.25) is 0 Å². The van der Waals surface area contributed by atoms with Crippen molar-refractivity contribution in [1.29, 1.82) is 0 Å². The molecule has 5 nitrogen and oxygen atoms in total. The van der Waals surface area contributed by atoms with E-state index < -0.39 is 0 Å². The highest BCUT2D eigenvalue weighted by Gasteiger charge is 2.21. The molecule has 0 amide bonds. The molecule has 0 radical (unpaired) electrons. The number of pyridine rings is 1. The molecular formula is C20H21N3O2. The molecule has 5 heteroatoms. The maximum Gasteiger partial charge on any atom is 0.344 e. The molecule has 2 aromatic heterocycles. The van der Waals surface area contributed by atoms with Gasteiger partial charge < -0.3 is 14.6 Å². The zero-order chi connectivity index (χ0) is 17.4. The van der Waals surface area contributed by atoms with E-state index in [0.29, 0.717) is 28.9 Å². The van der Waals surface area contributed by atoms with Gasteiger partial charge in [-0.15, -0.1) is 0 Å². The van der Waals surface area contributed by atoms with Crippen LogP contribution in [-0.2, 0) is 0 Å². The zero-order valence-corrected chi connectivity index (χ0v) is 14.4. The van der Waals surface area contributed by atoms with Gasteiger partial charge in [0.05, 0.1) is 5.39 Å². The summed E-state index contributed by atoms with van der Waals surface area (Å²) in [5.74, 6) is 0.496. The van der Waals surface area contributed by atoms with Crippen LogP contribution in [0.15, 0.2) is 57.9 Å².